The number of amides is 1. The first-order chi connectivity index (χ1) is 11.6. The summed E-state index contributed by atoms with van der Waals surface area (Å²) in [6.45, 7) is 7.68. The molecule has 0 aliphatic carbocycles. The van der Waals surface area contributed by atoms with Crippen LogP contribution >= 0.6 is 0 Å². The van der Waals surface area contributed by atoms with Crippen LogP contribution in [0.2, 0.25) is 0 Å². The van der Waals surface area contributed by atoms with Crippen LogP contribution < -0.4 is 15.4 Å². The second-order valence-corrected chi connectivity index (χ2v) is 5.82. The monoisotopic (exact) mass is 328 g/mol. The third-order valence-electron chi connectivity index (χ3n) is 3.34. The van der Waals surface area contributed by atoms with Crippen LogP contribution in [0.3, 0.4) is 0 Å². The molecule has 0 spiro atoms. The van der Waals surface area contributed by atoms with E-state index in [0.717, 1.165) is 18.7 Å². The maximum absolute atomic E-state index is 12.2. The van der Waals surface area contributed by atoms with E-state index in [0.29, 0.717) is 29.7 Å². The Hall–Kier alpha value is -2.63. The summed E-state index contributed by atoms with van der Waals surface area (Å²) in [5, 5.41) is 5.95. The van der Waals surface area contributed by atoms with Crippen molar-refractivity contribution in [2.75, 3.05) is 23.8 Å². The van der Waals surface area contributed by atoms with Crippen molar-refractivity contribution in [2.45, 2.75) is 27.2 Å². The van der Waals surface area contributed by atoms with Gasteiger partial charge < -0.3 is 15.4 Å². The molecule has 2 aromatic rings. The topological polar surface area (TPSA) is 76.1 Å². The van der Waals surface area contributed by atoms with Gasteiger partial charge in [0, 0.05) is 24.6 Å². The normalized spacial score (nSPS) is 10.5. The molecule has 128 valence electrons. The van der Waals surface area contributed by atoms with E-state index >= 15 is 0 Å². The Balaban J connectivity index is 1.89. The number of aromatic nitrogens is 2. The summed E-state index contributed by atoms with van der Waals surface area (Å²) < 4.78 is 5.37. The number of carbonyl (C=O) groups excluding carboxylic acids is 1. The molecule has 0 bridgehead atoms. The fraction of sp³-hybridized carbons (Fsp3) is 0.389. The highest BCUT2D eigenvalue weighted by Crippen LogP contribution is 2.16. The molecular weight excluding hydrogens is 304 g/mol. The highest BCUT2D eigenvalue weighted by molar-refractivity contribution is 6.03. The summed E-state index contributed by atoms with van der Waals surface area (Å²) in [4.78, 5) is 20.5. The lowest BCUT2D eigenvalue weighted by Crippen LogP contribution is -2.14. The minimum atomic E-state index is -0.243. The van der Waals surface area contributed by atoms with Crippen LogP contribution in [0.4, 0.5) is 11.6 Å². The predicted octanol–water partition coefficient (Wildman–Crippen LogP) is 3.59. The molecule has 0 unspecified atom stereocenters. The number of benzene rings is 1. The maximum atomic E-state index is 12.2. The number of nitrogens with one attached hydrogen (secondary N) is 2. The molecule has 24 heavy (non-hydrogen) atoms. The molecule has 0 saturated carbocycles. The Labute approximate surface area is 142 Å². The molecule has 0 saturated heterocycles. The van der Waals surface area contributed by atoms with Gasteiger partial charge >= 0.3 is 0 Å². The Morgan fingerprint density at radius 3 is 2.42 bits per heavy atom. The largest absolute Gasteiger partial charge is 0.494 e. The molecule has 6 nitrogen and oxygen atoms in total. The molecule has 1 aromatic carbocycles. The van der Waals surface area contributed by atoms with Crippen LogP contribution in [0, 0.1) is 5.92 Å². The zero-order valence-electron chi connectivity index (χ0n) is 14.4. The van der Waals surface area contributed by atoms with Gasteiger partial charge in [0.1, 0.15) is 5.75 Å². The number of nitrogens with zero attached hydrogens (tertiary/aromatic N) is 2. The highest BCUT2D eigenvalue weighted by Gasteiger charge is 2.08. The maximum Gasteiger partial charge on any atom is 0.258 e. The Bertz CT molecular complexity index is 639. The summed E-state index contributed by atoms with van der Waals surface area (Å²) in [6.07, 6.45) is 4.09. The first kappa shape index (κ1) is 17.7. The van der Waals surface area contributed by atoms with Crippen molar-refractivity contribution in [2.24, 2.45) is 5.92 Å². The van der Waals surface area contributed by atoms with E-state index in [2.05, 4.69) is 34.4 Å². The van der Waals surface area contributed by atoms with E-state index < -0.39 is 0 Å². The molecule has 2 N–H and O–H groups in total. The molecule has 1 heterocycles. The Morgan fingerprint density at radius 1 is 1.17 bits per heavy atom. The van der Waals surface area contributed by atoms with E-state index in [1.807, 2.05) is 19.1 Å². The lowest BCUT2D eigenvalue weighted by Gasteiger charge is -2.08. The third kappa shape index (κ3) is 5.53. The van der Waals surface area contributed by atoms with Crippen LogP contribution in [0.25, 0.3) is 0 Å². The first-order valence-corrected chi connectivity index (χ1v) is 8.18. The van der Waals surface area contributed by atoms with Gasteiger partial charge in [-0.05, 0) is 43.5 Å². The van der Waals surface area contributed by atoms with Crippen LogP contribution in [0.15, 0.2) is 36.7 Å². The number of hydrogen-bond acceptors (Lipinski definition) is 5. The molecule has 0 aliphatic heterocycles. The van der Waals surface area contributed by atoms with Crippen LogP contribution in [0.5, 0.6) is 5.75 Å². The van der Waals surface area contributed by atoms with Crippen LogP contribution in [0.1, 0.15) is 37.6 Å². The van der Waals surface area contributed by atoms with Gasteiger partial charge in [0.15, 0.2) is 0 Å². The minimum absolute atomic E-state index is 0.243. The van der Waals surface area contributed by atoms with E-state index in [-0.39, 0.29) is 5.91 Å². The number of ether oxygens (including phenoxy) is 1. The van der Waals surface area contributed by atoms with Gasteiger partial charge in [-0.1, -0.05) is 13.8 Å². The molecule has 6 heteroatoms. The van der Waals surface area contributed by atoms with Crippen molar-refractivity contribution in [1.29, 1.82) is 0 Å². The summed E-state index contributed by atoms with van der Waals surface area (Å²) in [6, 6.07) is 7.23. The molecule has 1 amide bonds. The average molecular weight is 328 g/mol. The fourth-order valence-electron chi connectivity index (χ4n) is 2.01. The van der Waals surface area contributed by atoms with E-state index in [9.17, 15) is 4.79 Å². The van der Waals surface area contributed by atoms with Crippen molar-refractivity contribution in [3.05, 3.63) is 42.2 Å². The van der Waals surface area contributed by atoms with E-state index in [1.54, 1.807) is 12.1 Å². The standard InChI is InChI=1S/C18H24N4O2/c1-4-24-16-7-5-15(6-8-16)22-17(23)14-11-20-18(21-12-14)19-10-9-13(2)3/h5-8,11-13H,4,9-10H2,1-3H3,(H,22,23)(H,19,20,21). The second-order valence-electron chi connectivity index (χ2n) is 5.82. The SMILES string of the molecule is CCOc1ccc(NC(=O)c2cnc(NCCC(C)C)nc2)cc1. The second kappa shape index (κ2) is 8.86. The molecule has 1 aromatic heterocycles. The zero-order valence-corrected chi connectivity index (χ0v) is 14.4. The Kier molecular flexibility index (Phi) is 6.54. The van der Waals surface area contributed by atoms with Gasteiger partial charge in [-0.15, -0.1) is 0 Å². The van der Waals surface area contributed by atoms with Gasteiger partial charge in [-0.3, -0.25) is 4.79 Å². The van der Waals surface area contributed by atoms with Crippen molar-refractivity contribution in [3.8, 4) is 5.75 Å². The summed E-state index contributed by atoms with van der Waals surface area (Å²) in [5.41, 5.74) is 1.11. The van der Waals surface area contributed by atoms with Crippen molar-refractivity contribution in [3.63, 3.8) is 0 Å². The average Bonchev–Trinajstić information content (AvgIpc) is 2.57. The Morgan fingerprint density at radius 2 is 1.83 bits per heavy atom. The lowest BCUT2D eigenvalue weighted by atomic mass is 10.1. The van der Waals surface area contributed by atoms with Gasteiger partial charge in [0.2, 0.25) is 5.95 Å². The van der Waals surface area contributed by atoms with Gasteiger partial charge in [0.05, 0.1) is 12.2 Å². The molecule has 0 aliphatic rings. The molecule has 0 radical (unpaired) electrons. The summed E-state index contributed by atoms with van der Waals surface area (Å²) in [7, 11) is 0. The van der Waals surface area contributed by atoms with Crippen molar-refractivity contribution >= 4 is 17.5 Å². The molecule has 0 atom stereocenters. The quantitative estimate of drug-likeness (QED) is 0.774. The zero-order chi connectivity index (χ0) is 17.4. The number of carbonyl (C=O) groups is 1. The molecule has 2 rings (SSSR count). The fourth-order valence-corrected chi connectivity index (χ4v) is 2.01. The van der Waals surface area contributed by atoms with Crippen LogP contribution in [-0.4, -0.2) is 29.0 Å². The number of anilines is 2. The third-order valence-corrected chi connectivity index (χ3v) is 3.34. The van der Waals surface area contributed by atoms with Gasteiger partial charge in [0.25, 0.3) is 5.91 Å². The minimum Gasteiger partial charge on any atom is -0.494 e. The van der Waals surface area contributed by atoms with E-state index in [4.69, 9.17) is 4.74 Å². The smallest absolute Gasteiger partial charge is 0.258 e. The van der Waals surface area contributed by atoms with E-state index in [1.165, 1.54) is 12.4 Å². The summed E-state index contributed by atoms with van der Waals surface area (Å²) in [5.74, 6) is 1.69. The van der Waals surface area contributed by atoms with Crippen molar-refractivity contribution < 1.29 is 9.53 Å². The van der Waals surface area contributed by atoms with Crippen molar-refractivity contribution in [1.82, 2.24) is 9.97 Å². The van der Waals surface area contributed by atoms with Crippen LogP contribution in [-0.2, 0) is 0 Å². The lowest BCUT2D eigenvalue weighted by molar-refractivity contribution is 0.102. The van der Waals surface area contributed by atoms with Gasteiger partial charge in [-0.2, -0.15) is 0 Å². The molecular formula is C18H24N4O2. The molecule has 0 fully saturated rings. The number of hydrogen-bond donors (Lipinski definition) is 2. The van der Waals surface area contributed by atoms with Gasteiger partial charge in [-0.25, -0.2) is 9.97 Å². The highest BCUT2D eigenvalue weighted by atomic mass is 16.5. The first-order valence-electron chi connectivity index (χ1n) is 8.18. The number of rotatable bonds is 8. The summed E-state index contributed by atoms with van der Waals surface area (Å²) >= 11 is 0. The predicted molar refractivity (Wildman–Crippen MR) is 95.5 cm³/mol.